The fourth-order valence-corrected chi connectivity index (χ4v) is 6.76. The van der Waals surface area contributed by atoms with Crippen molar-refractivity contribution in [3.05, 3.63) is 88.0 Å². The summed E-state index contributed by atoms with van der Waals surface area (Å²) in [5.41, 5.74) is 6.08. The summed E-state index contributed by atoms with van der Waals surface area (Å²) >= 11 is 0. The third kappa shape index (κ3) is 9.01. The Balaban J connectivity index is 0.000000253. The van der Waals surface area contributed by atoms with Crippen LogP contribution >= 0.6 is 21.6 Å². The van der Waals surface area contributed by atoms with Crippen LogP contribution in [0.3, 0.4) is 0 Å². The van der Waals surface area contributed by atoms with Gasteiger partial charge < -0.3 is 4.74 Å². The van der Waals surface area contributed by atoms with E-state index < -0.39 is 11.7 Å². The largest absolute Gasteiger partial charge is 0.457 e. The van der Waals surface area contributed by atoms with Gasteiger partial charge >= 0.3 is 6.18 Å². The van der Waals surface area contributed by atoms with Crippen molar-refractivity contribution in [2.75, 3.05) is 0 Å². The van der Waals surface area contributed by atoms with Gasteiger partial charge in [0.15, 0.2) is 0 Å². The van der Waals surface area contributed by atoms with Gasteiger partial charge in [-0.05, 0) is 105 Å². The molecule has 0 bridgehead atoms. The van der Waals surface area contributed by atoms with E-state index in [-0.39, 0.29) is 0 Å². The summed E-state index contributed by atoms with van der Waals surface area (Å²) < 4.78 is 43.4. The van der Waals surface area contributed by atoms with E-state index in [0.29, 0.717) is 16.2 Å². The fraction of sp³-hybridized carbons (Fsp3) is 0.438. The molecule has 3 aromatic rings. The van der Waals surface area contributed by atoms with Crippen LogP contribution in [0.5, 0.6) is 11.5 Å². The van der Waals surface area contributed by atoms with Gasteiger partial charge in [-0.15, -0.1) is 0 Å². The zero-order chi connectivity index (χ0) is 28.5. The Morgan fingerprint density at radius 1 is 0.763 bits per heavy atom. The lowest BCUT2D eigenvalue weighted by Gasteiger charge is -2.16. The number of alkyl halides is 3. The maximum atomic E-state index is 12.5. The number of fused-ring (bicyclic) bond motifs is 1. The zero-order valence-electron chi connectivity index (χ0n) is 23.9. The minimum absolute atomic E-state index is 0.290. The molecule has 1 aliphatic rings. The molecule has 1 aliphatic heterocycles. The Labute approximate surface area is 235 Å². The van der Waals surface area contributed by atoms with Gasteiger partial charge in [0.1, 0.15) is 11.5 Å². The first-order valence-corrected chi connectivity index (χ1v) is 15.4. The Kier molecular flexibility index (Phi) is 12.2. The van der Waals surface area contributed by atoms with E-state index in [2.05, 4.69) is 60.6 Å². The molecule has 0 radical (unpaired) electrons. The lowest BCUT2D eigenvalue weighted by atomic mass is 9.97. The molecule has 0 unspecified atom stereocenters. The van der Waals surface area contributed by atoms with E-state index in [1.807, 2.05) is 46.7 Å². The Hall–Kier alpha value is -2.05. The minimum Gasteiger partial charge on any atom is -0.457 e. The number of hydrogen-bond acceptors (Lipinski definition) is 3. The van der Waals surface area contributed by atoms with Crippen molar-refractivity contribution in [1.82, 2.24) is 0 Å². The number of unbranched alkanes of at least 4 members (excludes halogenated alkanes) is 1. The molecule has 0 aromatic heterocycles. The number of benzene rings is 3. The van der Waals surface area contributed by atoms with E-state index in [1.165, 1.54) is 57.7 Å². The van der Waals surface area contributed by atoms with Crippen molar-refractivity contribution in [3.8, 4) is 11.5 Å². The van der Waals surface area contributed by atoms with Gasteiger partial charge in [0.05, 0.1) is 5.56 Å². The second-order valence-corrected chi connectivity index (χ2v) is 12.8. The van der Waals surface area contributed by atoms with Crippen molar-refractivity contribution in [2.45, 2.75) is 96.9 Å². The van der Waals surface area contributed by atoms with Gasteiger partial charge in [-0.2, -0.15) is 13.2 Å². The van der Waals surface area contributed by atoms with Gasteiger partial charge in [-0.1, -0.05) is 79.8 Å². The van der Waals surface area contributed by atoms with E-state index in [0.717, 1.165) is 25.0 Å². The molecule has 4 rings (SSSR count). The van der Waals surface area contributed by atoms with E-state index in [4.69, 9.17) is 4.74 Å². The van der Waals surface area contributed by atoms with Crippen LogP contribution in [0.25, 0.3) is 0 Å². The predicted molar refractivity (Wildman–Crippen MR) is 160 cm³/mol. The smallest absolute Gasteiger partial charge is 0.416 e. The van der Waals surface area contributed by atoms with Gasteiger partial charge in [-0.3, -0.25) is 0 Å². The third-order valence-corrected chi connectivity index (χ3v) is 9.83. The van der Waals surface area contributed by atoms with Gasteiger partial charge in [0.25, 0.3) is 0 Å². The van der Waals surface area contributed by atoms with Crippen LogP contribution in [0.4, 0.5) is 13.2 Å². The standard InChI is InChI=1S/C17H17F3O.C11H14S2.C4H10/c1-3-4-13-11-16(8-5-12(13)2)21-15-9-6-14(7-10-15)17(18,19)20;1-7-5-6-9-10(8(7)2)12-13-11(9,3)4;1-3-4-2/h5-11H,3-4H2,1-2H3;5-6H,1-4H3;3-4H2,1-2H3. The second kappa shape index (κ2) is 14.4. The summed E-state index contributed by atoms with van der Waals surface area (Å²) in [5, 5.41) is 0. The molecule has 0 amide bonds. The minimum atomic E-state index is -4.32. The van der Waals surface area contributed by atoms with Crippen molar-refractivity contribution in [1.29, 1.82) is 0 Å². The zero-order valence-corrected chi connectivity index (χ0v) is 25.5. The molecule has 1 heterocycles. The monoisotopic (exact) mass is 562 g/mol. The van der Waals surface area contributed by atoms with E-state index >= 15 is 0 Å². The Bertz CT molecular complexity index is 1170. The van der Waals surface area contributed by atoms with Crippen molar-refractivity contribution >= 4 is 21.6 Å². The van der Waals surface area contributed by atoms with Crippen LogP contribution in [0, 0.1) is 20.8 Å². The number of hydrogen-bond donors (Lipinski definition) is 0. The van der Waals surface area contributed by atoms with Crippen LogP contribution < -0.4 is 4.74 Å². The first-order chi connectivity index (χ1) is 17.8. The maximum absolute atomic E-state index is 12.5. The highest BCUT2D eigenvalue weighted by atomic mass is 33.1. The third-order valence-electron chi connectivity index (χ3n) is 6.42. The summed E-state index contributed by atoms with van der Waals surface area (Å²) in [6, 6.07) is 15.0. The van der Waals surface area contributed by atoms with E-state index in [9.17, 15) is 13.2 Å². The second-order valence-electron chi connectivity index (χ2n) is 10.0. The maximum Gasteiger partial charge on any atom is 0.416 e. The summed E-state index contributed by atoms with van der Waals surface area (Å²) in [4.78, 5) is 1.50. The molecule has 0 fully saturated rings. The molecule has 0 saturated carbocycles. The molecule has 6 heteroatoms. The highest BCUT2D eigenvalue weighted by Gasteiger charge is 2.32. The van der Waals surface area contributed by atoms with Crippen LogP contribution in [-0.4, -0.2) is 0 Å². The molecule has 0 spiro atoms. The van der Waals surface area contributed by atoms with Crippen LogP contribution in [0.1, 0.15) is 87.3 Å². The predicted octanol–water partition coefficient (Wildman–Crippen LogP) is 11.9. The summed E-state index contributed by atoms with van der Waals surface area (Å²) in [7, 11) is 3.90. The van der Waals surface area contributed by atoms with Crippen LogP contribution in [-0.2, 0) is 17.3 Å². The molecule has 0 saturated heterocycles. The number of aryl methyl sites for hydroxylation is 3. The normalized spacial score (nSPS) is 13.6. The van der Waals surface area contributed by atoms with Gasteiger partial charge in [0, 0.05) is 9.64 Å². The highest BCUT2D eigenvalue weighted by Crippen LogP contribution is 2.57. The van der Waals surface area contributed by atoms with Crippen molar-refractivity contribution < 1.29 is 17.9 Å². The first kappa shape index (κ1) is 32.2. The molecule has 3 aromatic carbocycles. The molecule has 0 atom stereocenters. The topological polar surface area (TPSA) is 9.23 Å². The summed E-state index contributed by atoms with van der Waals surface area (Å²) in [5.74, 6) is 1.04. The molecule has 1 nitrogen and oxygen atoms in total. The Morgan fingerprint density at radius 2 is 1.34 bits per heavy atom. The van der Waals surface area contributed by atoms with E-state index in [1.54, 1.807) is 0 Å². The molecule has 208 valence electrons. The fourth-order valence-electron chi connectivity index (χ4n) is 3.66. The molecular weight excluding hydrogens is 521 g/mol. The van der Waals surface area contributed by atoms with Crippen LogP contribution in [0.15, 0.2) is 59.5 Å². The van der Waals surface area contributed by atoms with Gasteiger partial charge in [-0.25, -0.2) is 0 Å². The number of ether oxygens (including phenoxy) is 1. The lowest BCUT2D eigenvalue weighted by Crippen LogP contribution is -2.07. The summed E-state index contributed by atoms with van der Waals surface area (Å²) in [6.07, 6.45) is 0.303. The summed E-state index contributed by atoms with van der Waals surface area (Å²) in [6.45, 7) is 17.5. The SMILES string of the molecule is CCCC.CCCc1cc(Oc2ccc(C(F)(F)F)cc2)ccc1C.Cc1ccc2c(c1C)SSC2(C)C. The molecule has 0 N–H and O–H groups in total. The van der Waals surface area contributed by atoms with Crippen molar-refractivity contribution in [3.63, 3.8) is 0 Å². The molecule has 38 heavy (non-hydrogen) atoms. The highest BCUT2D eigenvalue weighted by molar-refractivity contribution is 8.77. The van der Waals surface area contributed by atoms with Gasteiger partial charge in [0.2, 0.25) is 0 Å². The number of halogens is 3. The quantitative estimate of drug-likeness (QED) is 0.286. The molecule has 0 aliphatic carbocycles. The van der Waals surface area contributed by atoms with Crippen LogP contribution in [0.2, 0.25) is 0 Å². The Morgan fingerprint density at radius 3 is 1.89 bits per heavy atom. The lowest BCUT2D eigenvalue weighted by molar-refractivity contribution is -0.137. The van der Waals surface area contributed by atoms with Crippen molar-refractivity contribution in [2.24, 2.45) is 0 Å². The first-order valence-electron chi connectivity index (χ1n) is 13.2. The number of rotatable bonds is 5. The molecular formula is C32H41F3OS2. The average Bonchev–Trinajstić information content (AvgIpc) is 3.18. The average molecular weight is 563 g/mol.